The molecule has 1 N–H and O–H groups in total. The second-order valence-corrected chi connectivity index (χ2v) is 8.53. The van der Waals surface area contributed by atoms with Gasteiger partial charge in [-0.25, -0.2) is 0 Å². The first kappa shape index (κ1) is 15.3. The Kier molecular flexibility index (Phi) is 2.92. The number of hydrogen-bond donors (Lipinski definition) is 1. The van der Waals surface area contributed by atoms with Crippen LogP contribution >= 0.6 is 0 Å². The van der Waals surface area contributed by atoms with Gasteiger partial charge in [0.1, 0.15) is 0 Å². The van der Waals surface area contributed by atoms with E-state index < -0.39 is 16.8 Å². The molecule has 5 atom stereocenters. The third-order valence-corrected chi connectivity index (χ3v) is 7.70. The van der Waals surface area contributed by atoms with Crippen molar-refractivity contribution in [3.63, 3.8) is 0 Å². The molecule has 4 nitrogen and oxygen atoms in total. The maximum Gasteiger partial charge on any atom is 0.207 e. The fraction of sp³-hybridized carbons (Fsp3) is 0.737. The number of carbonyl (C=O) groups is 3. The van der Waals surface area contributed by atoms with Crippen molar-refractivity contribution in [3.05, 3.63) is 11.6 Å². The van der Waals surface area contributed by atoms with Crippen LogP contribution in [0.15, 0.2) is 11.6 Å². The van der Waals surface area contributed by atoms with Crippen molar-refractivity contribution in [3.8, 4) is 0 Å². The number of allylic oxidation sites excluding steroid dienone is 1. The highest BCUT2D eigenvalue weighted by atomic mass is 16.3. The molecule has 0 aromatic rings. The molecule has 4 heteroatoms. The van der Waals surface area contributed by atoms with Gasteiger partial charge in [-0.2, -0.15) is 0 Å². The van der Waals surface area contributed by atoms with Crippen molar-refractivity contribution < 1.29 is 19.5 Å². The summed E-state index contributed by atoms with van der Waals surface area (Å²) in [5, 5.41) is 11.4. The Morgan fingerprint density at radius 2 is 1.78 bits per heavy atom. The van der Waals surface area contributed by atoms with Gasteiger partial charge in [-0.1, -0.05) is 12.5 Å². The molecule has 124 valence electrons. The van der Waals surface area contributed by atoms with E-state index in [2.05, 4.69) is 6.92 Å². The van der Waals surface area contributed by atoms with E-state index in [0.29, 0.717) is 12.8 Å². The summed E-state index contributed by atoms with van der Waals surface area (Å²) in [6.07, 6.45) is 6.19. The Labute approximate surface area is 136 Å². The van der Waals surface area contributed by atoms with Crippen LogP contribution in [0.1, 0.15) is 58.8 Å². The van der Waals surface area contributed by atoms with Gasteiger partial charge in [-0.15, -0.1) is 0 Å². The van der Waals surface area contributed by atoms with Gasteiger partial charge < -0.3 is 5.11 Å². The lowest BCUT2D eigenvalue weighted by Crippen LogP contribution is -2.60. The molecule has 4 rings (SSSR count). The number of Topliss-reactive ketones (excluding diaryl/α,β-unsaturated/α-hetero) is 2. The van der Waals surface area contributed by atoms with E-state index in [0.717, 1.165) is 25.7 Å². The van der Waals surface area contributed by atoms with Crippen molar-refractivity contribution in [2.75, 3.05) is 0 Å². The average Bonchev–Trinajstić information content (AvgIpc) is 2.68. The second kappa shape index (κ2) is 4.41. The van der Waals surface area contributed by atoms with Gasteiger partial charge in [0.15, 0.2) is 5.78 Å². The molecular weight excluding hydrogens is 292 g/mol. The molecule has 23 heavy (non-hydrogen) atoms. The number of hydrogen-bond acceptors (Lipinski definition) is 4. The Hall–Kier alpha value is -1.29. The van der Waals surface area contributed by atoms with E-state index in [9.17, 15) is 19.5 Å². The Balaban J connectivity index is 1.78. The minimum absolute atomic E-state index is 0.0163. The number of carbonyl (C=O) groups excluding carboxylic acids is 3. The molecule has 0 amide bonds. The molecule has 0 aliphatic heterocycles. The third kappa shape index (κ3) is 1.68. The fourth-order valence-corrected chi connectivity index (χ4v) is 6.14. The van der Waals surface area contributed by atoms with Crippen molar-refractivity contribution in [1.29, 1.82) is 0 Å². The van der Waals surface area contributed by atoms with Crippen molar-refractivity contribution >= 4 is 17.3 Å². The largest absolute Gasteiger partial charge is 0.388 e. The molecule has 0 bridgehead atoms. The van der Waals surface area contributed by atoms with Crippen LogP contribution in [0, 0.1) is 22.7 Å². The van der Waals surface area contributed by atoms with Gasteiger partial charge in [0, 0.05) is 12.8 Å². The topological polar surface area (TPSA) is 71.4 Å². The van der Waals surface area contributed by atoms with E-state index in [1.54, 1.807) is 6.92 Å². The van der Waals surface area contributed by atoms with Gasteiger partial charge in [0.2, 0.25) is 11.6 Å². The van der Waals surface area contributed by atoms with Gasteiger partial charge >= 0.3 is 0 Å². The lowest BCUT2D eigenvalue weighted by Gasteiger charge is -2.59. The van der Waals surface area contributed by atoms with Gasteiger partial charge in [-0.3, -0.25) is 14.4 Å². The fourth-order valence-electron chi connectivity index (χ4n) is 6.14. The Bertz CT molecular complexity index is 662. The summed E-state index contributed by atoms with van der Waals surface area (Å²) in [6, 6.07) is 0. The first-order valence-electron chi connectivity index (χ1n) is 8.76. The maximum absolute atomic E-state index is 12.4. The van der Waals surface area contributed by atoms with Gasteiger partial charge in [-0.05, 0) is 62.4 Å². The molecule has 3 fully saturated rings. The van der Waals surface area contributed by atoms with Crippen LogP contribution in [-0.4, -0.2) is 28.1 Å². The molecule has 0 aromatic carbocycles. The number of aliphatic hydroxyl groups is 1. The standard InChI is InChI=1S/C19H24O4/c1-17-7-5-12(20)9-11(17)3-4-14-13(17)6-8-18(2)16(22)15(21)10-19(14,18)23/h9,13-14,23H,3-8,10H2,1-2H3/t13-,14-,17+,18-,19-/m1/s1. The van der Waals surface area contributed by atoms with E-state index in [4.69, 9.17) is 0 Å². The molecule has 0 aromatic heterocycles. The van der Waals surface area contributed by atoms with Crippen molar-refractivity contribution in [2.24, 2.45) is 22.7 Å². The van der Waals surface area contributed by atoms with Crippen molar-refractivity contribution in [1.82, 2.24) is 0 Å². The summed E-state index contributed by atoms with van der Waals surface area (Å²) in [6.45, 7) is 4.00. The Morgan fingerprint density at radius 3 is 2.52 bits per heavy atom. The molecular formula is C19H24O4. The predicted molar refractivity (Wildman–Crippen MR) is 83.6 cm³/mol. The third-order valence-electron chi connectivity index (χ3n) is 7.70. The van der Waals surface area contributed by atoms with E-state index in [-0.39, 0.29) is 35.2 Å². The number of ketones is 3. The molecule has 3 saturated carbocycles. The zero-order valence-electron chi connectivity index (χ0n) is 13.9. The Morgan fingerprint density at radius 1 is 1.04 bits per heavy atom. The summed E-state index contributed by atoms with van der Waals surface area (Å²) < 4.78 is 0. The van der Waals surface area contributed by atoms with Crippen molar-refractivity contribution in [2.45, 2.75) is 64.4 Å². The average molecular weight is 316 g/mol. The molecule has 0 saturated heterocycles. The highest BCUT2D eigenvalue weighted by Gasteiger charge is 2.69. The zero-order valence-corrected chi connectivity index (χ0v) is 13.9. The van der Waals surface area contributed by atoms with Crippen LogP contribution in [0.25, 0.3) is 0 Å². The quantitative estimate of drug-likeness (QED) is 0.697. The molecule has 4 aliphatic rings. The number of rotatable bonds is 0. The van der Waals surface area contributed by atoms with E-state index in [1.165, 1.54) is 5.57 Å². The predicted octanol–water partition coefficient (Wildman–Crippen LogP) is 2.38. The molecule has 4 aliphatic carbocycles. The molecule has 0 radical (unpaired) electrons. The second-order valence-electron chi connectivity index (χ2n) is 8.53. The minimum Gasteiger partial charge on any atom is -0.388 e. The van der Waals surface area contributed by atoms with Crippen LogP contribution in [0.5, 0.6) is 0 Å². The first-order chi connectivity index (χ1) is 10.7. The van der Waals surface area contributed by atoms with Gasteiger partial charge in [0.25, 0.3) is 0 Å². The highest BCUT2D eigenvalue weighted by Crippen LogP contribution is 2.65. The van der Waals surface area contributed by atoms with E-state index >= 15 is 0 Å². The first-order valence-corrected chi connectivity index (χ1v) is 8.76. The monoisotopic (exact) mass is 316 g/mol. The SMILES string of the molecule is C[C@]12CCC(=O)C=C1CC[C@@H]1[C@H]2CC[C@]2(C)C(=O)C(=O)C[C@@]12O. The van der Waals surface area contributed by atoms with Crippen LogP contribution in [0.3, 0.4) is 0 Å². The van der Waals surface area contributed by atoms with Crippen LogP contribution in [0.2, 0.25) is 0 Å². The number of fused-ring (bicyclic) bond motifs is 5. The summed E-state index contributed by atoms with van der Waals surface area (Å²) in [7, 11) is 0. The maximum atomic E-state index is 12.4. The lowest BCUT2D eigenvalue weighted by molar-refractivity contribution is -0.178. The van der Waals surface area contributed by atoms with Crippen LogP contribution in [0.4, 0.5) is 0 Å². The van der Waals surface area contributed by atoms with Crippen LogP contribution < -0.4 is 0 Å². The summed E-state index contributed by atoms with van der Waals surface area (Å²) in [4.78, 5) is 36.2. The zero-order chi connectivity index (χ0) is 16.6. The lowest BCUT2D eigenvalue weighted by atomic mass is 9.46. The van der Waals surface area contributed by atoms with Gasteiger partial charge in [0.05, 0.1) is 11.0 Å². The molecule has 0 heterocycles. The summed E-state index contributed by atoms with van der Waals surface area (Å²) in [5.74, 6) is -0.328. The van der Waals surface area contributed by atoms with Crippen LogP contribution in [-0.2, 0) is 14.4 Å². The summed E-state index contributed by atoms with van der Waals surface area (Å²) in [5.41, 5.74) is -0.950. The summed E-state index contributed by atoms with van der Waals surface area (Å²) >= 11 is 0. The smallest absolute Gasteiger partial charge is 0.207 e. The molecule has 0 spiro atoms. The minimum atomic E-state index is -1.19. The normalized spacial score (nSPS) is 49.3. The molecule has 0 unspecified atom stereocenters. The highest BCUT2D eigenvalue weighted by molar-refractivity contribution is 6.42. The van der Waals surface area contributed by atoms with E-state index in [1.807, 2.05) is 6.08 Å².